The number of fused-ring (bicyclic) bond motifs is 2. The molecule has 1 saturated heterocycles. The average molecular weight is 708 g/mol. The van der Waals surface area contributed by atoms with Crippen molar-refractivity contribution in [3.63, 3.8) is 0 Å². The van der Waals surface area contributed by atoms with Crippen molar-refractivity contribution in [1.82, 2.24) is 25.2 Å². The smallest absolute Gasteiger partial charge is 0.335 e. The van der Waals surface area contributed by atoms with Gasteiger partial charge in [0.15, 0.2) is 5.65 Å². The third-order valence-corrected chi connectivity index (χ3v) is 9.64. The fourth-order valence-corrected chi connectivity index (χ4v) is 6.87. The number of anilines is 2. The number of carboxylic acid groups (broad SMARTS) is 1. The molecule has 0 radical (unpaired) electrons. The SMILES string of the molecule is Cc1c(C(=O)O)ccc2c1CC[C@@H]2NC(=O)c1cc(C(=O)NCc2ccccc2N2CCOCC2)nc2c(C(=O)Nc3ccccc3Cl)cnn12. The Morgan fingerprint density at radius 1 is 0.961 bits per heavy atom. The van der Waals surface area contributed by atoms with Crippen LogP contribution in [-0.4, -0.2) is 69.7 Å². The van der Waals surface area contributed by atoms with Crippen molar-refractivity contribution in [3.8, 4) is 0 Å². The Morgan fingerprint density at radius 3 is 2.51 bits per heavy atom. The number of morpholine rings is 1. The summed E-state index contributed by atoms with van der Waals surface area (Å²) in [5.74, 6) is -2.69. The highest BCUT2D eigenvalue weighted by atomic mass is 35.5. The van der Waals surface area contributed by atoms with Crippen molar-refractivity contribution in [2.24, 2.45) is 0 Å². The zero-order valence-electron chi connectivity index (χ0n) is 27.6. The first-order valence-electron chi connectivity index (χ1n) is 16.5. The summed E-state index contributed by atoms with van der Waals surface area (Å²) < 4.78 is 6.74. The summed E-state index contributed by atoms with van der Waals surface area (Å²) in [6.45, 7) is 4.64. The van der Waals surface area contributed by atoms with Crippen molar-refractivity contribution in [1.29, 1.82) is 0 Å². The molecule has 2 aromatic heterocycles. The number of amides is 3. The highest BCUT2D eigenvalue weighted by Gasteiger charge is 2.30. The van der Waals surface area contributed by atoms with Gasteiger partial charge >= 0.3 is 5.97 Å². The third kappa shape index (κ3) is 6.73. The molecule has 0 unspecified atom stereocenters. The lowest BCUT2D eigenvalue weighted by Crippen LogP contribution is -2.37. The molecule has 7 rings (SSSR count). The van der Waals surface area contributed by atoms with Crippen LogP contribution in [-0.2, 0) is 17.7 Å². The summed E-state index contributed by atoms with van der Waals surface area (Å²) in [5.41, 5.74) is 4.79. The first kappa shape index (κ1) is 33.7. The van der Waals surface area contributed by atoms with Crippen LogP contribution in [0.2, 0.25) is 5.02 Å². The van der Waals surface area contributed by atoms with E-state index >= 15 is 0 Å². The molecule has 3 aromatic carbocycles. The third-order valence-electron chi connectivity index (χ3n) is 9.32. The number of carbonyl (C=O) groups is 4. The van der Waals surface area contributed by atoms with E-state index in [1.165, 1.54) is 16.8 Å². The molecule has 5 aromatic rings. The highest BCUT2D eigenvalue weighted by Crippen LogP contribution is 2.35. The molecule has 14 heteroatoms. The molecular formula is C37H34ClN7O6. The number of nitrogens with zero attached hydrogens (tertiary/aromatic N) is 4. The molecule has 2 aliphatic rings. The van der Waals surface area contributed by atoms with Gasteiger partial charge in [-0.3, -0.25) is 14.4 Å². The Bertz CT molecular complexity index is 2200. The number of halogens is 1. The van der Waals surface area contributed by atoms with Crippen molar-refractivity contribution < 1.29 is 29.0 Å². The van der Waals surface area contributed by atoms with E-state index in [4.69, 9.17) is 16.3 Å². The van der Waals surface area contributed by atoms with Crippen molar-refractivity contribution >= 4 is 52.3 Å². The van der Waals surface area contributed by atoms with Crippen LogP contribution in [0.1, 0.15) is 76.4 Å². The van der Waals surface area contributed by atoms with E-state index in [1.807, 2.05) is 24.3 Å². The fourth-order valence-electron chi connectivity index (χ4n) is 6.69. The number of carbonyl (C=O) groups excluding carboxylic acids is 3. The Hall–Kier alpha value is -5.79. The van der Waals surface area contributed by atoms with Crippen molar-refractivity contribution in [2.45, 2.75) is 32.4 Å². The quantitative estimate of drug-likeness (QED) is 0.168. The van der Waals surface area contributed by atoms with E-state index in [-0.39, 0.29) is 34.7 Å². The van der Waals surface area contributed by atoms with Crippen molar-refractivity contribution in [2.75, 3.05) is 36.5 Å². The van der Waals surface area contributed by atoms with Gasteiger partial charge in [0.2, 0.25) is 0 Å². The number of aromatic carboxylic acids is 1. The summed E-state index contributed by atoms with van der Waals surface area (Å²) >= 11 is 6.28. The van der Waals surface area contributed by atoms with E-state index in [0.717, 1.165) is 35.5 Å². The van der Waals surface area contributed by atoms with Gasteiger partial charge in [-0.2, -0.15) is 5.10 Å². The molecule has 13 nitrogen and oxygen atoms in total. The Morgan fingerprint density at radius 2 is 1.73 bits per heavy atom. The van der Waals surface area contributed by atoms with Gasteiger partial charge in [0.25, 0.3) is 17.7 Å². The van der Waals surface area contributed by atoms with Gasteiger partial charge in [-0.1, -0.05) is 48.0 Å². The number of rotatable bonds is 9. The number of para-hydroxylation sites is 2. The van der Waals surface area contributed by atoms with Gasteiger partial charge < -0.3 is 30.7 Å². The fraction of sp³-hybridized carbons (Fsp3) is 0.243. The predicted molar refractivity (Wildman–Crippen MR) is 190 cm³/mol. The maximum atomic E-state index is 14.0. The first-order chi connectivity index (χ1) is 24.7. The molecule has 0 saturated carbocycles. The van der Waals surface area contributed by atoms with E-state index in [2.05, 4.69) is 30.9 Å². The summed E-state index contributed by atoms with van der Waals surface area (Å²) in [6.07, 6.45) is 2.43. The topological polar surface area (TPSA) is 167 Å². The molecule has 0 spiro atoms. The van der Waals surface area contributed by atoms with E-state index < -0.39 is 29.7 Å². The van der Waals surface area contributed by atoms with Crippen LogP contribution in [0.25, 0.3) is 5.65 Å². The lowest BCUT2D eigenvalue weighted by molar-refractivity contribution is 0.0695. The summed E-state index contributed by atoms with van der Waals surface area (Å²) in [5, 5.41) is 23.0. The molecule has 3 heterocycles. The second-order valence-corrected chi connectivity index (χ2v) is 12.7. The lowest BCUT2D eigenvalue weighted by atomic mass is 9.98. The number of nitrogens with one attached hydrogen (secondary N) is 3. The zero-order chi connectivity index (χ0) is 35.6. The van der Waals surface area contributed by atoms with Crippen LogP contribution in [0.4, 0.5) is 11.4 Å². The van der Waals surface area contributed by atoms with E-state index in [1.54, 1.807) is 43.3 Å². The largest absolute Gasteiger partial charge is 0.478 e. The lowest BCUT2D eigenvalue weighted by Gasteiger charge is -2.30. The first-order valence-corrected chi connectivity index (χ1v) is 16.9. The van der Waals surface area contributed by atoms with Crippen LogP contribution in [0, 0.1) is 6.92 Å². The van der Waals surface area contributed by atoms with Crippen LogP contribution < -0.4 is 20.9 Å². The second kappa shape index (κ2) is 14.2. The Labute approximate surface area is 297 Å². The van der Waals surface area contributed by atoms with Gasteiger partial charge in [-0.15, -0.1) is 0 Å². The van der Waals surface area contributed by atoms with Gasteiger partial charge in [0, 0.05) is 31.4 Å². The number of aromatic nitrogens is 3. The van der Waals surface area contributed by atoms with Crippen LogP contribution in [0.3, 0.4) is 0 Å². The summed E-state index contributed by atoms with van der Waals surface area (Å²) in [4.78, 5) is 59.7. The molecule has 3 amide bonds. The monoisotopic (exact) mass is 707 g/mol. The number of hydrogen-bond acceptors (Lipinski definition) is 8. The summed E-state index contributed by atoms with van der Waals surface area (Å²) in [7, 11) is 0. The molecule has 51 heavy (non-hydrogen) atoms. The number of benzene rings is 3. The molecule has 1 atom stereocenters. The maximum absolute atomic E-state index is 14.0. The number of hydrogen-bond donors (Lipinski definition) is 4. The maximum Gasteiger partial charge on any atom is 0.335 e. The average Bonchev–Trinajstić information content (AvgIpc) is 3.76. The zero-order valence-corrected chi connectivity index (χ0v) is 28.4. The van der Waals surface area contributed by atoms with E-state index in [9.17, 15) is 24.3 Å². The van der Waals surface area contributed by atoms with Crippen LogP contribution in [0.15, 0.2) is 72.9 Å². The van der Waals surface area contributed by atoms with Gasteiger partial charge in [-0.25, -0.2) is 14.3 Å². The minimum atomic E-state index is -1.01. The number of carboxylic acids is 1. The standard InChI is InChI=1S/C37H34ClN7O6/c1-21-23-12-13-28(25(23)11-10-24(21)37(49)50)42-36(48)32-18-30(35(47)39-19-22-6-2-5-9-31(22)44-14-16-51-17-15-44)41-33-26(20-40-45(32)33)34(46)43-29-8-4-3-7-27(29)38/h2-11,18,20,28H,12-17,19H2,1H3,(H,39,47)(H,42,48)(H,43,46)(H,49,50)/t28-/m0/s1. The van der Waals surface area contributed by atoms with Crippen LogP contribution >= 0.6 is 11.6 Å². The highest BCUT2D eigenvalue weighted by molar-refractivity contribution is 6.34. The van der Waals surface area contributed by atoms with Crippen molar-refractivity contribution in [3.05, 3.63) is 123 Å². The Kier molecular flexibility index (Phi) is 9.39. The minimum absolute atomic E-state index is 0.000151. The minimum Gasteiger partial charge on any atom is -0.478 e. The van der Waals surface area contributed by atoms with Gasteiger partial charge in [0.1, 0.15) is 17.0 Å². The molecule has 1 aliphatic heterocycles. The normalized spacial score (nSPS) is 15.3. The predicted octanol–water partition coefficient (Wildman–Crippen LogP) is 4.83. The molecule has 4 N–H and O–H groups in total. The number of ether oxygens (including phenoxy) is 1. The van der Waals surface area contributed by atoms with Gasteiger partial charge in [0.05, 0.1) is 41.7 Å². The molecule has 0 bridgehead atoms. The molecule has 1 aliphatic carbocycles. The summed E-state index contributed by atoms with van der Waals surface area (Å²) in [6, 6.07) is 18.7. The Balaban J connectivity index is 1.21. The van der Waals surface area contributed by atoms with E-state index in [0.29, 0.717) is 42.3 Å². The molecule has 1 fully saturated rings. The van der Waals surface area contributed by atoms with Gasteiger partial charge in [-0.05, 0) is 66.3 Å². The van der Waals surface area contributed by atoms with Crippen LogP contribution in [0.5, 0.6) is 0 Å². The molecular weight excluding hydrogens is 674 g/mol. The second-order valence-electron chi connectivity index (χ2n) is 12.3. The molecule has 260 valence electrons.